The van der Waals surface area contributed by atoms with Gasteiger partial charge in [-0.3, -0.25) is 0 Å². The minimum absolute atomic E-state index is 0.472. The van der Waals surface area contributed by atoms with Gasteiger partial charge in [-0.25, -0.2) is 0 Å². The molecular weight excluding hydrogens is 200 g/mol. The minimum Gasteiger partial charge on any atom is -0.377 e. The lowest BCUT2D eigenvalue weighted by molar-refractivity contribution is 0.0764. The molecule has 96 valence electrons. The molecule has 1 N–H and O–H groups in total. The van der Waals surface area contributed by atoms with Gasteiger partial charge in [-0.1, -0.05) is 20.3 Å². The Hall–Kier alpha value is -0.120. The summed E-state index contributed by atoms with van der Waals surface area (Å²) in [5.41, 5.74) is 0. The quantitative estimate of drug-likeness (QED) is 0.718. The summed E-state index contributed by atoms with van der Waals surface area (Å²) in [5, 5.41) is 3.43. The Morgan fingerprint density at radius 1 is 1.50 bits per heavy atom. The molecule has 0 amide bonds. The van der Waals surface area contributed by atoms with E-state index in [4.69, 9.17) is 4.74 Å². The van der Waals surface area contributed by atoms with Crippen LogP contribution in [0.5, 0.6) is 0 Å². The van der Waals surface area contributed by atoms with Crippen LogP contribution in [-0.4, -0.2) is 50.8 Å². The Balaban J connectivity index is 2.27. The zero-order valence-corrected chi connectivity index (χ0v) is 11.3. The van der Waals surface area contributed by atoms with Crippen LogP contribution < -0.4 is 5.32 Å². The molecule has 3 heteroatoms. The lowest BCUT2D eigenvalue weighted by Gasteiger charge is -2.29. The highest BCUT2D eigenvalue weighted by atomic mass is 16.5. The molecule has 0 aromatic carbocycles. The Morgan fingerprint density at radius 2 is 2.25 bits per heavy atom. The molecular formula is C13H28N2O. The van der Waals surface area contributed by atoms with Gasteiger partial charge < -0.3 is 15.0 Å². The van der Waals surface area contributed by atoms with E-state index in [1.54, 1.807) is 0 Å². The minimum atomic E-state index is 0.472. The van der Waals surface area contributed by atoms with Crippen LogP contribution in [0.2, 0.25) is 0 Å². The van der Waals surface area contributed by atoms with E-state index >= 15 is 0 Å². The highest BCUT2D eigenvalue weighted by Crippen LogP contribution is 2.14. The number of hydrogen-bond acceptors (Lipinski definition) is 3. The van der Waals surface area contributed by atoms with Gasteiger partial charge in [0.2, 0.25) is 0 Å². The number of likely N-dealkylation sites (N-methyl/N-ethyl adjacent to an activating group) is 2. The molecule has 3 nitrogen and oxygen atoms in total. The summed E-state index contributed by atoms with van der Waals surface area (Å²) >= 11 is 0. The van der Waals surface area contributed by atoms with Crippen molar-refractivity contribution in [3.8, 4) is 0 Å². The van der Waals surface area contributed by atoms with Gasteiger partial charge in [0.25, 0.3) is 0 Å². The maximum absolute atomic E-state index is 5.66. The standard InChI is InChI=1S/C13H28N2O/c1-5-11(2)13(14-3)10-15(4)9-12-7-6-8-16-12/h11-14H,5-10H2,1-4H3. The smallest absolute Gasteiger partial charge is 0.0702 e. The molecule has 0 bridgehead atoms. The van der Waals surface area contributed by atoms with Gasteiger partial charge in [-0.05, 0) is 32.9 Å². The van der Waals surface area contributed by atoms with E-state index in [-0.39, 0.29) is 0 Å². The fourth-order valence-electron chi connectivity index (χ4n) is 2.39. The first kappa shape index (κ1) is 13.9. The van der Waals surface area contributed by atoms with Crippen molar-refractivity contribution in [3.05, 3.63) is 0 Å². The first-order chi connectivity index (χ1) is 7.67. The van der Waals surface area contributed by atoms with Crippen molar-refractivity contribution in [1.29, 1.82) is 0 Å². The summed E-state index contributed by atoms with van der Waals surface area (Å²) in [6, 6.07) is 0.594. The maximum atomic E-state index is 5.66. The van der Waals surface area contributed by atoms with Crippen LogP contribution in [0.4, 0.5) is 0 Å². The Bertz CT molecular complexity index is 181. The maximum Gasteiger partial charge on any atom is 0.0702 e. The molecule has 1 rings (SSSR count). The first-order valence-corrected chi connectivity index (χ1v) is 6.64. The summed E-state index contributed by atoms with van der Waals surface area (Å²) < 4.78 is 5.66. The molecule has 0 aliphatic carbocycles. The van der Waals surface area contributed by atoms with Crippen molar-refractivity contribution in [1.82, 2.24) is 10.2 Å². The average Bonchev–Trinajstić information content (AvgIpc) is 2.77. The normalized spacial score (nSPS) is 24.9. The SMILES string of the molecule is CCC(C)C(CN(C)CC1CCCO1)NC. The zero-order valence-electron chi connectivity index (χ0n) is 11.3. The second kappa shape index (κ2) is 7.25. The lowest BCUT2D eigenvalue weighted by Crippen LogP contribution is -2.43. The highest BCUT2D eigenvalue weighted by molar-refractivity contribution is 4.76. The van der Waals surface area contributed by atoms with Crippen molar-refractivity contribution in [3.63, 3.8) is 0 Å². The van der Waals surface area contributed by atoms with Gasteiger partial charge in [0.05, 0.1) is 6.10 Å². The van der Waals surface area contributed by atoms with Crippen LogP contribution in [0.3, 0.4) is 0 Å². The number of nitrogens with zero attached hydrogens (tertiary/aromatic N) is 1. The van der Waals surface area contributed by atoms with Crippen LogP contribution in [0, 0.1) is 5.92 Å². The molecule has 1 fully saturated rings. The van der Waals surface area contributed by atoms with Crippen molar-refractivity contribution in [2.45, 2.75) is 45.3 Å². The number of ether oxygens (including phenoxy) is 1. The van der Waals surface area contributed by atoms with Crippen molar-refractivity contribution < 1.29 is 4.74 Å². The van der Waals surface area contributed by atoms with Crippen LogP contribution >= 0.6 is 0 Å². The number of rotatable bonds is 7. The molecule has 1 heterocycles. The molecule has 0 aromatic rings. The summed E-state index contributed by atoms with van der Waals surface area (Å²) in [6.07, 6.45) is 4.18. The van der Waals surface area contributed by atoms with Gasteiger partial charge in [-0.2, -0.15) is 0 Å². The van der Waals surface area contributed by atoms with Crippen LogP contribution in [0.1, 0.15) is 33.1 Å². The van der Waals surface area contributed by atoms with Gasteiger partial charge in [0, 0.05) is 25.7 Å². The Morgan fingerprint density at radius 3 is 2.75 bits per heavy atom. The molecule has 0 spiro atoms. The summed E-state index contributed by atoms with van der Waals surface area (Å²) in [5.74, 6) is 0.733. The van der Waals surface area contributed by atoms with E-state index in [1.807, 2.05) is 0 Å². The number of hydrogen-bond donors (Lipinski definition) is 1. The predicted octanol–water partition coefficient (Wildman–Crippen LogP) is 1.73. The molecule has 1 aliphatic heterocycles. The fraction of sp³-hybridized carbons (Fsp3) is 1.00. The third-order valence-electron chi connectivity index (χ3n) is 3.75. The molecule has 16 heavy (non-hydrogen) atoms. The second-order valence-corrected chi connectivity index (χ2v) is 5.14. The molecule has 1 aliphatic rings. The first-order valence-electron chi connectivity index (χ1n) is 6.64. The second-order valence-electron chi connectivity index (χ2n) is 5.14. The molecule has 0 radical (unpaired) electrons. The van der Waals surface area contributed by atoms with E-state index < -0.39 is 0 Å². The highest BCUT2D eigenvalue weighted by Gasteiger charge is 2.20. The topological polar surface area (TPSA) is 24.5 Å². The van der Waals surface area contributed by atoms with E-state index in [0.717, 1.165) is 25.6 Å². The molecule has 1 saturated heterocycles. The van der Waals surface area contributed by atoms with Gasteiger partial charge >= 0.3 is 0 Å². The van der Waals surface area contributed by atoms with Crippen molar-refractivity contribution in [2.75, 3.05) is 33.8 Å². The van der Waals surface area contributed by atoms with E-state index in [0.29, 0.717) is 12.1 Å². The zero-order chi connectivity index (χ0) is 12.0. The summed E-state index contributed by atoms with van der Waals surface area (Å²) in [6.45, 7) is 7.73. The molecule has 3 unspecified atom stereocenters. The summed E-state index contributed by atoms with van der Waals surface area (Å²) in [7, 11) is 4.27. The molecule has 3 atom stereocenters. The van der Waals surface area contributed by atoms with Gasteiger partial charge in [-0.15, -0.1) is 0 Å². The van der Waals surface area contributed by atoms with Crippen LogP contribution in [-0.2, 0) is 4.74 Å². The van der Waals surface area contributed by atoms with Gasteiger partial charge in [0.1, 0.15) is 0 Å². The van der Waals surface area contributed by atoms with E-state index in [2.05, 4.69) is 38.2 Å². The largest absolute Gasteiger partial charge is 0.377 e. The molecule has 0 aromatic heterocycles. The van der Waals surface area contributed by atoms with Crippen LogP contribution in [0.15, 0.2) is 0 Å². The predicted molar refractivity (Wildman–Crippen MR) is 68.8 cm³/mol. The number of nitrogens with one attached hydrogen (secondary N) is 1. The van der Waals surface area contributed by atoms with Crippen molar-refractivity contribution in [2.24, 2.45) is 5.92 Å². The van der Waals surface area contributed by atoms with E-state index in [1.165, 1.54) is 19.3 Å². The van der Waals surface area contributed by atoms with Crippen molar-refractivity contribution >= 4 is 0 Å². The van der Waals surface area contributed by atoms with E-state index in [9.17, 15) is 0 Å². The molecule has 0 saturated carbocycles. The van der Waals surface area contributed by atoms with Crippen LogP contribution in [0.25, 0.3) is 0 Å². The third kappa shape index (κ3) is 4.40. The van der Waals surface area contributed by atoms with Gasteiger partial charge in [0.15, 0.2) is 0 Å². The average molecular weight is 228 g/mol. The lowest BCUT2D eigenvalue weighted by atomic mass is 9.99. The Kier molecular flexibility index (Phi) is 6.32. The monoisotopic (exact) mass is 228 g/mol. The fourth-order valence-corrected chi connectivity index (χ4v) is 2.39. The summed E-state index contributed by atoms with van der Waals surface area (Å²) in [4.78, 5) is 2.41. The Labute approximate surface area is 101 Å². The third-order valence-corrected chi connectivity index (χ3v) is 3.75.